The summed E-state index contributed by atoms with van der Waals surface area (Å²) in [4.78, 5) is 19.9. The summed E-state index contributed by atoms with van der Waals surface area (Å²) >= 11 is 0. The van der Waals surface area contributed by atoms with E-state index in [1.54, 1.807) is 6.92 Å². The number of hydrogen-bond donors (Lipinski definition) is 0. The molecule has 0 aliphatic carbocycles. The molecule has 0 spiro atoms. The Labute approximate surface area is 127 Å². The van der Waals surface area contributed by atoms with Gasteiger partial charge in [-0.3, -0.25) is 0 Å². The van der Waals surface area contributed by atoms with Crippen LogP contribution in [-0.2, 0) is 9.59 Å². The zero-order valence-corrected chi connectivity index (χ0v) is 14.9. The molecule has 122 valence electrons. The van der Waals surface area contributed by atoms with Gasteiger partial charge in [0.05, 0.1) is 0 Å². The van der Waals surface area contributed by atoms with Crippen molar-refractivity contribution >= 4 is 11.6 Å². The molecule has 0 bridgehead atoms. The molecule has 0 radical (unpaired) electrons. The van der Waals surface area contributed by atoms with Crippen LogP contribution in [0, 0.1) is 0 Å². The first-order valence-corrected chi connectivity index (χ1v) is 8.38. The molecule has 0 saturated carbocycles. The quantitative estimate of drug-likeness (QED) is 0.479. The number of hydrogen-bond acceptors (Lipinski definition) is 2. The van der Waals surface area contributed by atoms with Crippen molar-refractivity contribution in [1.82, 2.24) is 0 Å². The molecule has 2 heteroatoms. The molecule has 0 aliphatic rings. The maximum absolute atomic E-state index is 10.5. The predicted octanol–water partition coefficient (Wildman–Crippen LogP) is 6.12. The molecule has 0 unspecified atom stereocenters. The molecule has 0 rings (SSSR count). The molecule has 0 saturated heterocycles. The summed E-state index contributed by atoms with van der Waals surface area (Å²) in [7, 11) is 0. The van der Waals surface area contributed by atoms with Crippen LogP contribution < -0.4 is 0 Å². The lowest BCUT2D eigenvalue weighted by Crippen LogP contribution is -1.88. The van der Waals surface area contributed by atoms with Gasteiger partial charge in [-0.15, -0.1) is 0 Å². The van der Waals surface area contributed by atoms with Crippen molar-refractivity contribution in [3.63, 3.8) is 0 Å². The van der Waals surface area contributed by atoms with Gasteiger partial charge in [-0.25, -0.2) is 0 Å². The molecule has 20 heavy (non-hydrogen) atoms. The molecule has 0 aromatic rings. The fourth-order valence-electron chi connectivity index (χ4n) is 1.48. The Balaban J connectivity index is -0.000000246. The zero-order chi connectivity index (χ0) is 16.2. The smallest absolute Gasteiger partial charge is 0.129 e. The van der Waals surface area contributed by atoms with E-state index >= 15 is 0 Å². The first kappa shape index (κ1) is 24.4. The predicted molar refractivity (Wildman–Crippen MR) is 90.2 cm³/mol. The molecule has 0 atom stereocenters. The minimum atomic E-state index is 0.167. The fourth-order valence-corrected chi connectivity index (χ4v) is 1.48. The monoisotopic (exact) mass is 286 g/mol. The summed E-state index contributed by atoms with van der Waals surface area (Å²) in [5.41, 5.74) is 0. The van der Waals surface area contributed by atoms with Crippen LogP contribution in [0.1, 0.15) is 106 Å². The number of carbonyl (C=O) groups excluding carboxylic acids is 2. The molecule has 0 aromatic carbocycles. The summed E-state index contributed by atoms with van der Waals surface area (Å²) < 4.78 is 0. The molecule has 2 nitrogen and oxygen atoms in total. The third-order valence-corrected chi connectivity index (χ3v) is 2.59. The summed E-state index contributed by atoms with van der Waals surface area (Å²) in [6, 6.07) is 0. The van der Waals surface area contributed by atoms with Gasteiger partial charge in [-0.2, -0.15) is 0 Å². The highest BCUT2D eigenvalue weighted by Gasteiger charge is 1.92. The third-order valence-electron chi connectivity index (χ3n) is 2.59. The molecular weight excluding hydrogens is 248 g/mol. The van der Waals surface area contributed by atoms with Crippen LogP contribution >= 0.6 is 0 Å². The second kappa shape index (κ2) is 23.4. The highest BCUT2D eigenvalue weighted by atomic mass is 16.1. The van der Waals surface area contributed by atoms with E-state index in [1.165, 1.54) is 65.2 Å². The van der Waals surface area contributed by atoms with Crippen LogP contribution in [0.4, 0.5) is 0 Å². The molecule has 0 aliphatic heterocycles. The Bertz CT molecular complexity index is 190. The zero-order valence-electron chi connectivity index (χ0n) is 14.9. The molecule has 0 amide bonds. The van der Waals surface area contributed by atoms with E-state index in [0.717, 1.165) is 12.8 Å². The maximum Gasteiger partial charge on any atom is 0.129 e. The van der Waals surface area contributed by atoms with Crippen molar-refractivity contribution in [2.24, 2.45) is 0 Å². The van der Waals surface area contributed by atoms with Crippen LogP contribution in [0.3, 0.4) is 0 Å². The van der Waals surface area contributed by atoms with Crippen molar-refractivity contribution in [2.45, 2.75) is 106 Å². The molecule has 0 heterocycles. The SMILES string of the molecule is CC(C)=O.CCCCCC.CCCCCCCC(C)=O. The Kier molecular flexibility index (Phi) is 28.5. The minimum absolute atomic E-state index is 0.167. The Morgan fingerprint density at radius 2 is 0.900 bits per heavy atom. The Morgan fingerprint density at radius 3 is 1.20 bits per heavy atom. The summed E-state index contributed by atoms with van der Waals surface area (Å²) in [5.74, 6) is 0.497. The van der Waals surface area contributed by atoms with Gasteiger partial charge in [0.15, 0.2) is 0 Å². The third kappa shape index (κ3) is 53.1. The minimum Gasteiger partial charge on any atom is -0.300 e. The average Bonchev–Trinajstić information content (AvgIpc) is 2.36. The molecule has 0 fully saturated rings. The average molecular weight is 286 g/mol. The molecule has 0 N–H and O–H groups in total. The van der Waals surface area contributed by atoms with Crippen molar-refractivity contribution in [2.75, 3.05) is 0 Å². The summed E-state index contributed by atoms with van der Waals surface area (Å²) in [6.45, 7) is 11.4. The highest BCUT2D eigenvalue weighted by molar-refractivity contribution is 5.75. The van der Waals surface area contributed by atoms with E-state index < -0.39 is 0 Å². The lowest BCUT2D eigenvalue weighted by atomic mass is 10.1. The standard InChI is InChI=1S/C9H18O.C6H14.C3H6O/c1-3-4-5-6-7-8-9(2)10;1-3-5-6-4-2;1-3(2)4/h3-8H2,1-2H3;3-6H2,1-2H3;1-2H3. The normalized spacial score (nSPS) is 8.90. The van der Waals surface area contributed by atoms with Crippen molar-refractivity contribution < 1.29 is 9.59 Å². The van der Waals surface area contributed by atoms with E-state index in [4.69, 9.17) is 0 Å². The second-order valence-corrected chi connectivity index (χ2v) is 5.48. The van der Waals surface area contributed by atoms with Gasteiger partial charge in [0.25, 0.3) is 0 Å². The maximum atomic E-state index is 10.5. The molecule has 0 aromatic heterocycles. The van der Waals surface area contributed by atoms with Crippen molar-refractivity contribution in [1.29, 1.82) is 0 Å². The molecular formula is C18H38O2. The van der Waals surface area contributed by atoms with E-state index in [2.05, 4.69) is 20.8 Å². The van der Waals surface area contributed by atoms with Gasteiger partial charge in [0.1, 0.15) is 11.6 Å². The van der Waals surface area contributed by atoms with Gasteiger partial charge in [0, 0.05) is 6.42 Å². The number of ketones is 2. The van der Waals surface area contributed by atoms with Crippen LogP contribution in [0.15, 0.2) is 0 Å². The number of carbonyl (C=O) groups is 2. The lowest BCUT2D eigenvalue weighted by molar-refractivity contribution is -0.117. The highest BCUT2D eigenvalue weighted by Crippen LogP contribution is 2.04. The Hall–Kier alpha value is -0.660. The van der Waals surface area contributed by atoms with Gasteiger partial charge in [0.2, 0.25) is 0 Å². The second-order valence-electron chi connectivity index (χ2n) is 5.48. The van der Waals surface area contributed by atoms with Crippen LogP contribution in [0.25, 0.3) is 0 Å². The lowest BCUT2D eigenvalue weighted by Gasteiger charge is -1.95. The number of Topliss-reactive ketones (excluding diaryl/α,β-unsaturated/α-hetero) is 2. The van der Waals surface area contributed by atoms with Crippen LogP contribution in [0.2, 0.25) is 0 Å². The number of unbranched alkanes of at least 4 members (excludes halogenated alkanes) is 7. The summed E-state index contributed by atoms with van der Waals surface area (Å²) in [6.07, 6.45) is 12.5. The van der Waals surface area contributed by atoms with Crippen molar-refractivity contribution in [3.05, 3.63) is 0 Å². The summed E-state index contributed by atoms with van der Waals surface area (Å²) in [5, 5.41) is 0. The first-order chi connectivity index (χ1) is 9.42. The van der Waals surface area contributed by atoms with E-state index in [-0.39, 0.29) is 5.78 Å². The van der Waals surface area contributed by atoms with Crippen molar-refractivity contribution in [3.8, 4) is 0 Å². The largest absolute Gasteiger partial charge is 0.300 e. The topological polar surface area (TPSA) is 34.1 Å². The van der Waals surface area contributed by atoms with E-state index in [1.807, 2.05) is 0 Å². The van der Waals surface area contributed by atoms with Gasteiger partial charge in [-0.05, 0) is 27.2 Å². The Morgan fingerprint density at radius 1 is 0.600 bits per heavy atom. The van der Waals surface area contributed by atoms with Gasteiger partial charge < -0.3 is 9.59 Å². The van der Waals surface area contributed by atoms with E-state index in [0.29, 0.717) is 5.78 Å². The van der Waals surface area contributed by atoms with Crippen LogP contribution in [-0.4, -0.2) is 11.6 Å². The first-order valence-electron chi connectivity index (χ1n) is 8.38. The van der Waals surface area contributed by atoms with E-state index in [9.17, 15) is 9.59 Å². The van der Waals surface area contributed by atoms with Gasteiger partial charge >= 0.3 is 0 Å². The number of rotatable bonds is 9. The van der Waals surface area contributed by atoms with Crippen LogP contribution in [0.5, 0.6) is 0 Å². The fraction of sp³-hybridized carbons (Fsp3) is 0.889. The van der Waals surface area contributed by atoms with Gasteiger partial charge in [-0.1, -0.05) is 72.1 Å².